The topological polar surface area (TPSA) is 26.0 Å². The van der Waals surface area contributed by atoms with Gasteiger partial charge in [0.1, 0.15) is 0 Å². The molecule has 0 aliphatic rings. The van der Waals surface area contributed by atoms with Gasteiger partial charge >= 0.3 is 0 Å². The summed E-state index contributed by atoms with van der Waals surface area (Å²) in [6.45, 7) is 14.2. The Hall–Kier alpha value is -0.0800. The standard InChI is InChI=1S/C8H20N.CH5N/c1-5-9(6-2,7-3)8-4;1-2/h5-8H2,1-4H3;2H2,1H3/q+1;. The summed E-state index contributed by atoms with van der Waals surface area (Å²) >= 11 is 0. The molecule has 2 heteroatoms. The lowest BCUT2D eigenvalue weighted by Crippen LogP contribution is -2.47. The zero-order valence-corrected chi connectivity index (χ0v) is 8.85. The van der Waals surface area contributed by atoms with E-state index in [1.165, 1.54) is 37.7 Å². The highest BCUT2D eigenvalue weighted by molar-refractivity contribution is 4.31. The molecule has 2 N–H and O–H groups in total. The zero-order valence-electron chi connectivity index (χ0n) is 8.85. The van der Waals surface area contributed by atoms with Gasteiger partial charge in [0.2, 0.25) is 0 Å². The van der Waals surface area contributed by atoms with Crippen LogP contribution >= 0.6 is 0 Å². The summed E-state index contributed by atoms with van der Waals surface area (Å²) < 4.78 is 1.28. The molecule has 0 unspecified atom stereocenters. The van der Waals surface area contributed by atoms with Crippen molar-refractivity contribution in [2.45, 2.75) is 27.7 Å². The fraction of sp³-hybridized carbons (Fsp3) is 1.00. The molecule has 0 aliphatic carbocycles. The second-order valence-electron chi connectivity index (χ2n) is 2.61. The van der Waals surface area contributed by atoms with Crippen LogP contribution in [-0.4, -0.2) is 37.7 Å². The Bertz CT molecular complexity index is 50.5. The zero-order chi connectivity index (χ0) is 9.33. The smallest absolute Gasteiger partial charge is 0.0757 e. The molecule has 0 saturated heterocycles. The van der Waals surface area contributed by atoms with Crippen LogP contribution in [0.4, 0.5) is 0 Å². The summed E-state index contributed by atoms with van der Waals surface area (Å²) in [5.41, 5.74) is 4.50. The highest BCUT2D eigenvalue weighted by Gasteiger charge is 2.16. The van der Waals surface area contributed by atoms with Crippen LogP contribution in [0, 0.1) is 0 Å². The first-order chi connectivity index (χ1) is 5.24. The predicted molar refractivity (Wildman–Crippen MR) is 52.5 cm³/mol. The molecule has 0 aromatic heterocycles. The average molecular weight is 161 g/mol. The van der Waals surface area contributed by atoms with E-state index in [9.17, 15) is 0 Å². The number of quaternary nitrogens is 1. The van der Waals surface area contributed by atoms with E-state index in [4.69, 9.17) is 0 Å². The second-order valence-corrected chi connectivity index (χ2v) is 2.61. The summed E-state index contributed by atoms with van der Waals surface area (Å²) in [6.07, 6.45) is 0. The summed E-state index contributed by atoms with van der Waals surface area (Å²) in [5, 5.41) is 0. The van der Waals surface area contributed by atoms with E-state index in [2.05, 4.69) is 33.4 Å². The quantitative estimate of drug-likeness (QED) is 0.621. The first-order valence-corrected chi connectivity index (χ1v) is 4.67. The van der Waals surface area contributed by atoms with Gasteiger partial charge in [-0.3, -0.25) is 0 Å². The lowest BCUT2D eigenvalue weighted by molar-refractivity contribution is -0.921. The Balaban J connectivity index is 0. The molecule has 0 aliphatic heterocycles. The van der Waals surface area contributed by atoms with Crippen LogP contribution in [-0.2, 0) is 0 Å². The van der Waals surface area contributed by atoms with Gasteiger partial charge in [-0.2, -0.15) is 0 Å². The van der Waals surface area contributed by atoms with Crippen molar-refractivity contribution in [2.75, 3.05) is 33.2 Å². The lowest BCUT2D eigenvalue weighted by atomic mass is 10.3. The Labute approximate surface area is 72.0 Å². The second kappa shape index (κ2) is 8.02. The third-order valence-corrected chi connectivity index (χ3v) is 2.68. The van der Waals surface area contributed by atoms with Crippen molar-refractivity contribution >= 4 is 0 Å². The van der Waals surface area contributed by atoms with Gasteiger partial charge in [0.15, 0.2) is 0 Å². The van der Waals surface area contributed by atoms with Gasteiger partial charge in [0, 0.05) is 0 Å². The van der Waals surface area contributed by atoms with Crippen LogP contribution in [0.3, 0.4) is 0 Å². The molecule has 0 amide bonds. The van der Waals surface area contributed by atoms with Crippen molar-refractivity contribution in [1.29, 1.82) is 0 Å². The molecule has 0 spiro atoms. The first-order valence-electron chi connectivity index (χ1n) is 4.67. The molecule has 0 aromatic rings. The van der Waals surface area contributed by atoms with E-state index in [0.29, 0.717) is 0 Å². The van der Waals surface area contributed by atoms with Gasteiger partial charge in [-0.1, -0.05) is 0 Å². The molecule has 0 heterocycles. The number of rotatable bonds is 4. The largest absolute Gasteiger partial charge is 0.333 e. The molecule has 0 aromatic carbocycles. The maximum absolute atomic E-state index is 4.50. The van der Waals surface area contributed by atoms with Crippen LogP contribution in [0.5, 0.6) is 0 Å². The Morgan fingerprint density at radius 3 is 0.909 bits per heavy atom. The minimum Gasteiger partial charge on any atom is -0.333 e. The molecule has 0 bridgehead atoms. The molecule has 0 atom stereocenters. The lowest BCUT2D eigenvalue weighted by Gasteiger charge is -2.34. The van der Waals surface area contributed by atoms with Crippen molar-refractivity contribution in [3.05, 3.63) is 0 Å². The summed E-state index contributed by atoms with van der Waals surface area (Å²) in [6, 6.07) is 0. The number of hydrogen-bond donors (Lipinski definition) is 1. The summed E-state index contributed by atoms with van der Waals surface area (Å²) in [7, 11) is 1.50. The van der Waals surface area contributed by atoms with E-state index >= 15 is 0 Å². The molecule has 0 rings (SSSR count). The highest BCUT2D eigenvalue weighted by atomic mass is 15.3. The molecular formula is C9H25N2+. The fourth-order valence-corrected chi connectivity index (χ4v) is 1.34. The molecule has 0 radical (unpaired) electrons. The molecular weight excluding hydrogens is 136 g/mol. The fourth-order valence-electron chi connectivity index (χ4n) is 1.34. The molecule has 0 fully saturated rings. The van der Waals surface area contributed by atoms with Gasteiger partial charge in [-0.25, -0.2) is 0 Å². The van der Waals surface area contributed by atoms with Crippen LogP contribution in [0.2, 0.25) is 0 Å². The van der Waals surface area contributed by atoms with Crippen LogP contribution in [0.1, 0.15) is 27.7 Å². The third kappa shape index (κ3) is 4.38. The van der Waals surface area contributed by atoms with E-state index in [1.807, 2.05) is 0 Å². The SMILES string of the molecule is CC[N+](CC)(CC)CC.CN. The van der Waals surface area contributed by atoms with Crippen LogP contribution in [0.15, 0.2) is 0 Å². The number of nitrogens with zero attached hydrogens (tertiary/aromatic N) is 1. The van der Waals surface area contributed by atoms with Crippen molar-refractivity contribution in [2.24, 2.45) is 5.73 Å². The van der Waals surface area contributed by atoms with Crippen molar-refractivity contribution in [3.8, 4) is 0 Å². The van der Waals surface area contributed by atoms with Crippen molar-refractivity contribution in [3.63, 3.8) is 0 Å². The molecule has 11 heavy (non-hydrogen) atoms. The van der Waals surface area contributed by atoms with E-state index in [-0.39, 0.29) is 0 Å². The molecule has 70 valence electrons. The number of nitrogens with two attached hydrogens (primary N) is 1. The minimum atomic E-state index is 1.28. The monoisotopic (exact) mass is 161 g/mol. The normalized spacial score (nSPS) is 10.4. The van der Waals surface area contributed by atoms with E-state index in [0.717, 1.165) is 0 Å². The Morgan fingerprint density at radius 2 is 0.909 bits per heavy atom. The van der Waals surface area contributed by atoms with E-state index in [1.54, 1.807) is 0 Å². The third-order valence-electron chi connectivity index (χ3n) is 2.68. The van der Waals surface area contributed by atoms with Gasteiger partial charge < -0.3 is 10.2 Å². The summed E-state index contributed by atoms with van der Waals surface area (Å²) in [5.74, 6) is 0. The van der Waals surface area contributed by atoms with Crippen molar-refractivity contribution < 1.29 is 4.48 Å². The number of hydrogen-bond acceptors (Lipinski definition) is 1. The minimum absolute atomic E-state index is 1.28. The molecule has 0 saturated carbocycles. The maximum Gasteiger partial charge on any atom is 0.0757 e. The van der Waals surface area contributed by atoms with Crippen molar-refractivity contribution in [1.82, 2.24) is 0 Å². The van der Waals surface area contributed by atoms with Gasteiger partial charge in [-0.15, -0.1) is 0 Å². The van der Waals surface area contributed by atoms with E-state index < -0.39 is 0 Å². The maximum atomic E-state index is 4.50. The summed E-state index contributed by atoms with van der Waals surface area (Å²) in [4.78, 5) is 0. The van der Waals surface area contributed by atoms with Gasteiger partial charge in [0.05, 0.1) is 26.2 Å². The average Bonchev–Trinajstić information content (AvgIpc) is 2.13. The van der Waals surface area contributed by atoms with Gasteiger partial charge in [0.25, 0.3) is 0 Å². The predicted octanol–water partition coefficient (Wildman–Crippen LogP) is 1.46. The van der Waals surface area contributed by atoms with Gasteiger partial charge in [-0.05, 0) is 34.7 Å². The molecule has 2 nitrogen and oxygen atoms in total. The Morgan fingerprint density at radius 1 is 0.727 bits per heavy atom. The Kier molecular flexibility index (Phi) is 9.85. The van der Waals surface area contributed by atoms with Crippen LogP contribution < -0.4 is 5.73 Å². The first kappa shape index (κ1) is 13.5. The van der Waals surface area contributed by atoms with Crippen LogP contribution in [0.25, 0.3) is 0 Å². The highest BCUT2D eigenvalue weighted by Crippen LogP contribution is 2.03.